The molecule has 10 N–H and O–H groups in total. The Kier molecular flexibility index (Phi) is 33.8. The smallest absolute Gasteiger partial charge is 0.347 e. The van der Waals surface area contributed by atoms with Gasteiger partial charge in [0.25, 0.3) is 0 Å². The number of halogens is 7. The minimum Gasteiger partial charge on any atom is -0.391 e. The van der Waals surface area contributed by atoms with Crippen LogP contribution in [0.1, 0.15) is 196 Å². The summed E-state index contributed by atoms with van der Waals surface area (Å²) in [6, 6.07) is 19.9. The molecule has 6 saturated heterocycles. The minimum atomic E-state index is -3.14. The average Bonchev–Trinajstić information content (AvgIpc) is 0.815. The molecule has 0 saturated carbocycles. The van der Waals surface area contributed by atoms with Gasteiger partial charge in [-0.2, -0.15) is 30.2 Å². The monoisotopic (exact) mass is 2120 g/mol. The Morgan fingerprint density at radius 1 is 0.500 bits per heavy atom. The number of aliphatic hydroxyl groups excluding tert-OH is 1. The van der Waals surface area contributed by atoms with Crippen molar-refractivity contribution in [2.24, 2.45) is 4.99 Å². The number of rotatable bonds is 24. The molecule has 47 heteroatoms. The van der Waals surface area contributed by atoms with Crippen LogP contribution >= 0.6 is 46.4 Å². The highest BCUT2D eigenvalue weighted by Crippen LogP contribution is 2.42. The standard InChI is InChI=1S/C27H33ClFN7O2.C26H33ClFN7O2S.C25H30ClN9O.C23H24ClFN10O/c1-15-10-18(12-23-30-14-20(28)26(31-23)32-24-11-16(2)33-34-24)21(29)13-19(15)17-4-8-36(9-5-17)27(38)25-22(37)6-7-35(25)3;1-16-10-24(29-13-16)32-25-21(27)14-30-26(33-25)31-23-11-17(2)20(12-22(23)28)18-4-7-34(8-5-18)19-6-9-35(15-19)38(3,36)37;1-14-10-21(29-25-27-12-20(26)24(31-25)30-22-11-16(3)32-33-22)15(2)9-19(14)18-5-7-35(8-6-18)13-23-28-17(4)34-36-23;1-13-7-16(9-20-26-11-18(24)22(28-20)29-21-8-14(2)30-31-21)19(25)10-17(13)15-3-5-34(6-4-15)23(36)35-12-27-32-33-35/h10-11,13-14,17,22,25,37H,4-9,12H2,1-3H3,(H2,30,31,32,33,34);10-12,14,18-19H,4-9,13,15H2,1-3H3,(H2,29,30,31,32,33);9-12,18H,5-8,13H2,1-4H3,(H3,27,29,30,31,32,33);7-8,10-12,15H,3-6,9H2,1-2H3,(H2,26,28,29,30,31)/t22-,25-;;;/m0.../s1. The number of aryl methyl sites for hydroxylation is 9. The zero-order valence-corrected chi connectivity index (χ0v) is 88.1. The first-order valence-corrected chi connectivity index (χ1v) is 52.7. The Bertz CT molecular complexity index is 7110. The number of aliphatic hydroxyl groups is 1. The fraction of sp³-hybridized carbons (Fsp3) is 0.436. The molecule has 20 rings (SSSR count). The van der Waals surface area contributed by atoms with Crippen molar-refractivity contribution in [3.8, 4) is 0 Å². The predicted octanol–water partition coefficient (Wildman–Crippen LogP) is 17.1. The molecule has 6 fully saturated rings. The summed E-state index contributed by atoms with van der Waals surface area (Å²) < 4.78 is 77.4. The van der Waals surface area contributed by atoms with Crippen LogP contribution in [0.5, 0.6) is 0 Å². The van der Waals surface area contributed by atoms with Crippen LogP contribution in [0.4, 0.5) is 82.0 Å². The van der Waals surface area contributed by atoms with E-state index in [1.54, 1.807) is 39.7 Å². The van der Waals surface area contributed by atoms with Gasteiger partial charge in [0.2, 0.25) is 33.7 Å². The van der Waals surface area contributed by atoms with Crippen LogP contribution in [0.25, 0.3) is 0 Å². The van der Waals surface area contributed by atoms with E-state index in [1.807, 2.05) is 109 Å². The Hall–Kier alpha value is -13.1. The van der Waals surface area contributed by atoms with Crippen molar-refractivity contribution in [1.82, 2.24) is 130 Å². The predicted molar refractivity (Wildman–Crippen MR) is 562 cm³/mol. The van der Waals surface area contributed by atoms with Gasteiger partial charge in [-0.25, -0.2) is 60.6 Å². The number of benzene rings is 4. The van der Waals surface area contributed by atoms with Gasteiger partial charge in [-0.3, -0.25) is 39.8 Å². The van der Waals surface area contributed by atoms with Gasteiger partial charge in [-0.05, 0) is 304 Å². The molecule has 0 spiro atoms. The van der Waals surface area contributed by atoms with E-state index in [9.17, 15) is 23.1 Å². The number of piperidine rings is 4. The van der Waals surface area contributed by atoms with Crippen LogP contribution in [0.3, 0.4) is 0 Å². The molecule has 0 radical (unpaired) electrons. The quantitative estimate of drug-likeness (QED) is 0.0251. The van der Waals surface area contributed by atoms with Crippen LogP contribution in [0.2, 0.25) is 20.1 Å². The van der Waals surface area contributed by atoms with Crippen molar-refractivity contribution in [2.45, 2.75) is 195 Å². The number of hydrogen-bond donors (Lipinski definition) is 10. The highest BCUT2D eigenvalue weighted by Gasteiger charge is 2.41. The molecule has 16 heterocycles. The van der Waals surface area contributed by atoms with Gasteiger partial charge >= 0.3 is 6.03 Å². The number of sulfonamides is 1. The minimum absolute atomic E-state index is 0.00607. The van der Waals surface area contributed by atoms with Gasteiger partial charge < -0.3 is 51.3 Å². The zero-order chi connectivity index (χ0) is 104. The summed E-state index contributed by atoms with van der Waals surface area (Å²) in [6.07, 6.45) is 18.9. The maximum absolute atomic E-state index is 15.3. The lowest BCUT2D eigenvalue weighted by molar-refractivity contribution is -0.139. The molecule has 0 aliphatic carbocycles. The summed E-state index contributed by atoms with van der Waals surface area (Å²) in [5.41, 5.74) is 15.9. The Balaban J connectivity index is 0.000000135. The van der Waals surface area contributed by atoms with Gasteiger partial charge in [0, 0.05) is 106 Å². The first-order valence-electron chi connectivity index (χ1n) is 49.3. The number of H-pyrrole nitrogens is 3. The number of aromatic amines is 3. The lowest BCUT2D eigenvalue weighted by Gasteiger charge is -2.36. The summed E-state index contributed by atoms with van der Waals surface area (Å²) in [5.74, 6) is 7.30. The van der Waals surface area contributed by atoms with Gasteiger partial charge in [0.05, 0.1) is 55.9 Å². The van der Waals surface area contributed by atoms with Crippen molar-refractivity contribution >= 4 is 138 Å². The normalized spacial score (nSPS) is 17.9. The van der Waals surface area contributed by atoms with Crippen molar-refractivity contribution in [2.75, 3.05) is 124 Å². The molecule has 1 unspecified atom stereocenters. The number of tetrazole rings is 1. The molecule has 148 heavy (non-hydrogen) atoms. The third-order valence-corrected chi connectivity index (χ3v) is 30.4. The van der Waals surface area contributed by atoms with E-state index in [0.29, 0.717) is 177 Å². The van der Waals surface area contributed by atoms with Gasteiger partial charge in [-0.15, -0.1) is 9.78 Å². The lowest BCUT2D eigenvalue weighted by atomic mass is 9.85. The molecule has 0 bridgehead atoms. The molecular formula is C101H120Cl4F3N33O6S. The Morgan fingerprint density at radius 3 is 1.41 bits per heavy atom. The number of likely N-dealkylation sites (tertiary alicyclic amines) is 5. The Labute approximate surface area is 875 Å². The largest absolute Gasteiger partial charge is 0.391 e. The third-order valence-electron chi connectivity index (χ3n) is 28.0. The number of amidine groups is 1. The van der Waals surface area contributed by atoms with E-state index >= 15 is 13.2 Å². The SMILES string of the molecule is CC1=CC(Nc2nc(Nc3cc(C)c(C4CCN(C5CCN(S(C)(=O)=O)C5)CC4)cc3F)ncc2Cl)=NC1.Cc1cc(Nc2nc(Cc3cc(C)c(C4CCN(C(=O)[C@@H]5[C@@H](O)CCN5C)CC4)cc3F)ncc2Cl)n[nH]1.Cc1cc(Nc2nc(Cc3cc(C)c(C4CCN(C(=O)n5cnnn5)CC4)cc3F)ncc2Cl)n[nH]1.Cc1noc(CN2CCC(c3cc(C)c(Nc4ncc(Cl)c(Nc5cc(C)[nH]n5)n4)cc3C)CC2)n1. The van der Waals surface area contributed by atoms with E-state index in [0.717, 1.165) is 162 Å². The van der Waals surface area contributed by atoms with Crippen LogP contribution < -0.4 is 31.9 Å². The Morgan fingerprint density at radius 2 is 0.959 bits per heavy atom. The molecule has 9 aromatic heterocycles. The summed E-state index contributed by atoms with van der Waals surface area (Å²) >= 11 is 25.1. The van der Waals surface area contributed by atoms with Crippen molar-refractivity contribution in [3.05, 3.63) is 249 Å². The molecule has 2 amide bonds. The number of anilines is 11. The zero-order valence-electron chi connectivity index (χ0n) is 84.3. The number of aliphatic imine (C=N–C) groups is 1. The molecule has 7 aliphatic rings. The second-order valence-corrected chi connectivity index (χ2v) is 42.6. The van der Waals surface area contributed by atoms with Gasteiger partial charge in [0.1, 0.15) is 67.4 Å². The summed E-state index contributed by atoms with van der Waals surface area (Å²) in [6.45, 7) is 29.1. The average molecular weight is 2120 g/mol. The molecule has 780 valence electrons. The first kappa shape index (κ1) is 106. The third kappa shape index (κ3) is 26.6. The highest BCUT2D eigenvalue weighted by atomic mass is 35.5. The fourth-order valence-electron chi connectivity index (χ4n) is 20.2. The second kappa shape index (κ2) is 47.2. The van der Waals surface area contributed by atoms with E-state index in [-0.39, 0.29) is 72.0 Å². The summed E-state index contributed by atoms with van der Waals surface area (Å²) in [5, 5.41) is 66.0. The number of amides is 2. The fourth-order valence-corrected chi connectivity index (χ4v) is 21.6. The highest BCUT2D eigenvalue weighted by molar-refractivity contribution is 7.88. The van der Waals surface area contributed by atoms with Gasteiger partial charge in [-0.1, -0.05) is 69.8 Å². The number of hydrogen-bond acceptors (Lipinski definition) is 32. The second-order valence-electron chi connectivity index (χ2n) is 39.0. The van der Waals surface area contributed by atoms with Crippen LogP contribution in [-0.4, -0.2) is 271 Å². The topological polar surface area (TPSA) is 464 Å². The number of nitrogens with one attached hydrogen (secondary N) is 9. The summed E-state index contributed by atoms with van der Waals surface area (Å²) in [7, 11) is -1.26. The number of carbonyl (C=O) groups excluding carboxylic acids is 2. The number of nitrogens with zero attached hydrogens (tertiary/aromatic N) is 24. The molecular weight excluding hydrogens is 2000 g/mol. The first-order chi connectivity index (χ1) is 71.0. The van der Waals surface area contributed by atoms with E-state index < -0.39 is 22.2 Å². The molecule has 3 atom stereocenters. The van der Waals surface area contributed by atoms with Crippen LogP contribution in [0, 0.1) is 79.8 Å². The van der Waals surface area contributed by atoms with E-state index in [4.69, 9.17) is 50.9 Å². The van der Waals surface area contributed by atoms with E-state index in [1.165, 1.54) is 42.3 Å². The maximum Gasteiger partial charge on any atom is 0.347 e. The van der Waals surface area contributed by atoms with Crippen LogP contribution in [-0.2, 0) is 34.2 Å². The number of likely N-dealkylation sites (N-methyl/N-ethyl adjacent to an activating group) is 1. The number of carbonyl (C=O) groups is 2. The van der Waals surface area contributed by atoms with Gasteiger partial charge in [0.15, 0.2) is 46.5 Å². The molecule has 7 aliphatic heterocycles. The maximum atomic E-state index is 15.3. The van der Waals surface area contributed by atoms with Crippen molar-refractivity contribution < 1.29 is 40.8 Å². The summed E-state index contributed by atoms with van der Waals surface area (Å²) in [4.78, 5) is 79.5. The molecule has 13 aromatic rings. The van der Waals surface area contributed by atoms with Crippen molar-refractivity contribution in [3.63, 3.8) is 0 Å². The molecule has 39 nitrogen and oxygen atoms in total. The van der Waals surface area contributed by atoms with Crippen molar-refractivity contribution in [1.29, 1.82) is 0 Å². The molecule has 4 aromatic carbocycles. The van der Waals surface area contributed by atoms with E-state index in [2.05, 4.69) is 169 Å². The lowest BCUT2D eigenvalue weighted by Crippen LogP contribution is -2.50. The van der Waals surface area contributed by atoms with Crippen LogP contribution in [0.15, 0.2) is 119 Å². The number of aromatic nitrogens is 20.